The third-order valence-electron chi connectivity index (χ3n) is 2.86. The van der Waals surface area contributed by atoms with Crippen LogP contribution in [0.3, 0.4) is 0 Å². The second kappa shape index (κ2) is 7.14. The molecule has 0 aliphatic rings. The average molecular weight is 380 g/mol. The van der Waals surface area contributed by atoms with E-state index in [2.05, 4.69) is 45.7 Å². The summed E-state index contributed by atoms with van der Waals surface area (Å²) in [7, 11) is 0. The third kappa shape index (κ3) is 3.99. The molecule has 0 heterocycles. The number of carboxylic acids is 1. The van der Waals surface area contributed by atoms with Crippen molar-refractivity contribution in [3.63, 3.8) is 0 Å². The largest absolute Gasteiger partial charge is 0.491 e. The Hall–Kier alpha value is -0.550. The average Bonchev–Trinajstić information content (AvgIpc) is 2.32. The highest BCUT2D eigenvalue weighted by Gasteiger charge is 2.14. The first kappa shape index (κ1) is 15.5. The SMILES string of the molecule is CCC(CC)COc1c(Br)cc(C(=O)O)cc1Br. The molecule has 1 aromatic rings. The van der Waals surface area contributed by atoms with Crippen LogP contribution >= 0.6 is 31.9 Å². The van der Waals surface area contributed by atoms with Crippen LogP contribution in [-0.4, -0.2) is 17.7 Å². The zero-order chi connectivity index (χ0) is 13.7. The van der Waals surface area contributed by atoms with Gasteiger partial charge >= 0.3 is 5.97 Å². The first-order valence-electron chi connectivity index (χ1n) is 5.84. The molecule has 1 N–H and O–H groups in total. The highest BCUT2D eigenvalue weighted by atomic mass is 79.9. The summed E-state index contributed by atoms with van der Waals surface area (Å²) < 4.78 is 7.07. The van der Waals surface area contributed by atoms with E-state index < -0.39 is 5.97 Å². The molecule has 5 heteroatoms. The quantitative estimate of drug-likeness (QED) is 0.777. The van der Waals surface area contributed by atoms with Gasteiger partial charge in [-0.3, -0.25) is 0 Å². The van der Waals surface area contributed by atoms with Crippen LogP contribution in [0, 0.1) is 5.92 Å². The summed E-state index contributed by atoms with van der Waals surface area (Å²) in [6.07, 6.45) is 2.14. The van der Waals surface area contributed by atoms with E-state index in [-0.39, 0.29) is 5.56 Å². The molecule has 100 valence electrons. The van der Waals surface area contributed by atoms with Crippen LogP contribution < -0.4 is 4.74 Å². The molecule has 3 nitrogen and oxygen atoms in total. The van der Waals surface area contributed by atoms with Gasteiger partial charge in [-0.15, -0.1) is 0 Å². The number of hydrogen-bond donors (Lipinski definition) is 1. The first-order chi connectivity index (χ1) is 8.49. The van der Waals surface area contributed by atoms with Crippen molar-refractivity contribution in [2.45, 2.75) is 26.7 Å². The van der Waals surface area contributed by atoms with Crippen molar-refractivity contribution < 1.29 is 14.6 Å². The Morgan fingerprint density at radius 1 is 1.28 bits per heavy atom. The van der Waals surface area contributed by atoms with Gasteiger partial charge in [-0.05, 0) is 49.9 Å². The van der Waals surface area contributed by atoms with Crippen LogP contribution in [0.25, 0.3) is 0 Å². The van der Waals surface area contributed by atoms with Crippen LogP contribution in [0.15, 0.2) is 21.1 Å². The van der Waals surface area contributed by atoms with Gasteiger partial charge < -0.3 is 9.84 Å². The van der Waals surface area contributed by atoms with Crippen molar-refractivity contribution in [3.8, 4) is 5.75 Å². The number of aromatic carboxylic acids is 1. The number of carbonyl (C=O) groups is 1. The van der Waals surface area contributed by atoms with Crippen molar-refractivity contribution >= 4 is 37.8 Å². The summed E-state index contributed by atoms with van der Waals surface area (Å²) in [6.45, 7) is 4.90. The van der Waals surface area contributed by atoms with Gasteiger partial charge in [-0.1, -0.05) is 26.7 Å². The summed E-state index contributed by atoms with van der Waals surface area (Å²) in [6, 6.07) is 3.10. The summed E-state index contributed by atoms with van der Waals surface area (Å²) in [5.74, 6) is 0.220. The Morgan fingerprint density at radius 2 is 1.78 bits per heavy atom. The fourth-order valence-corrected chi connectivity index (χ4v) is 2.96. The lowest BCUT2D eigenvalue weighted by Gasteiger charge is -2.16. The highest BCUT2D eigenvalue weighted by Crippen LogP contribution is 2.35. The fraction of sp³-hybridized carbons (Fsp3) is 0.462. The van der Waals surface area contributed by atoms with Crippen LogP contribution in [0.1, 0.15) is 37.0 Å². The topological polar surface area (TPSA) is 46.5 Å². The molecule has 0 saturated carbocycles. The van der Waals surface area contributed by atoms with Crippen molar-refractivity contribution in [3.05, 3.63) is 26.6 Å². The molecular weight excluding hydrogens is 364 g/mol. The minimum atomic E-state index is -0.956. The van der Waals surface area contributed by atoms with E-state index in [1.54, 1.807) is 12.1 Å². The zero-order valence-electron chi connectivity index (χ0n) is 10.4. The summed E-state index contributed by atoms with van der Waals surface area (Å²) >= 11 is 6.68. The number of rotatable bonds is 6. The predicted molar refractivity (Wildman–Crippen MR) is 78.4 cm³/mol. The van der Waals surface area contributed by atoms with Crippen molar-refractivity contribution in [1.82, 2.24) is 0 Å². The van der Waals surface area contributed by atoms with Gasteiger partial charge in [0.05, 0.1) is 21.1 Å². The van der Waals surface area contributed by atoms with E-state index in [0.717, 1.165) is 12.8 Å². The molecule has 0 fully saturated rings. The molecule has 0 amide bonds. The minimum Gasteiger partial charge on any atom is -0.491 e. The molecule has 0 aliphatic heterocycles. The summed E-state index contributed by atoms with van der Waals surface area (Å²) in [4.78, 5) is 10.9. The van der Waals surface area contributed by atoms with Crippen molar-refractivity contribution in [2.75, 3.05) is 6.61 Å². The van der Waals surface area contributed by atoms with E-state index in [1.807, 2.05) is 0 Å². The Morgan fingerprint density at radius 3 is 2.17 bits per heavy atom. The fourth-order valence-electron chi connectivity index (χ4n) is 1.55. The standard InChI is InChI=1S/C13H16Br2O3/c1-3-8(4-2)7-18-12-10(14)5-9(13(16)17)6-11(12)15/h5-6,8H,3-4,7H2,1-2H3,(H,16,17). The normalized spacial score (nSPS) is 10.7. The lowest BCUT2D eigenvalue weighted by molar-refractivity contribution is 0.0696. The molecular formula is C13H16Br2O3. The first-order valence-corrected chi connectivity index (χ1v) is 7.43. The molecule has 0 radical (unpaired) electrons. The van der Waals surface area contributed by atoms with Gasteiger partial charge in [0.2, 0.25) is 0 Å². The number of ether oxygens (including phenoxy) is 1. The molecule has 0 aromatic heterocycles. The van der Waals surface area contributed by atoms with Gasteiger partial charge in [0.1, 0.15) is 5.75 Å². The van der Waals surface area contributed by atoms with Gasteiger partial charge in [0.25, 0.3) is 0 Å². The van der Waals surface area contributed by atoms with Crippen molar-refractivity contribution in [2.24, 2.45) is 5.92 Å². The van der Waals surface area contributed by atoms with Crippen LogP contribution in [0.5, 0.6) is 5.75 Å². The number of carboxylic acid groups (broad SMARTS) is 1. The van der Waals surface area contributed by atoms with Crippen LogP contribution in [0.2, 0.25) is 0 Å². The minimum absolute atomic E-state index is 0.226. The van der Waals surface area contributed by atoms with Gasteiger partial charge in [-0.25, -0.2) is 4.79 Å². The van der Waals surface area contributed by atoms with Crippen molar-refractivity contribution in [1.29, 1.82) is 0 Å². The molecule has 0 unspecified atom stereocenters. The summed E-state index contributed by atoms with van der Waals surface area (Å²) in [5.41, 5.74) is 0.226. The number of halogens is 2. The molecule has 1 aromatic carbocycles. The molecule has 0 spiro atoms. The van der Waals surface area contributed by atoms with E-state index in [0.29, 0.717) is 27.2 Å². The highest BCUT2D eigenvalue weighted by molar-refractivity contribution is 9.11. The second-order valence-electron chi connectivity index (χ2n) is 4.07. The molecule has 0 atom stereocenters. The Labute approximate surface area is 124 Å². The van der Waals surface area contributed by atoms with E-state index >= 15 is 0 Å². The van der Waals surface area contributed by atoms with E-state index in [1.165, 1.54) is 0 Å². The molecule has 0 bridgehead atoms. The lowest BCUT2D eigenvalue weighted by Crippen LogP contribution is -2.11. The Bertz CT molecular complexity index is 405. The van der Waals surface area contributed by atoms with Crippen LogP contribution in [-0.2, 0) is 0 Å². The third-order valence-corrected chi connectivity index (χ3v) is 4.04. The lowest BCUT2D eigenvalue weighted by atomic mass is 10.1. The smallest absolute Gasteiger partial charge is 0.335 e. The van der Waals surface area contributed by atoms with Gasteiger partial charge in [0.15, 0.2) is 0 Å². The maximum absolute atomic E-state index is 10.9. The molecule has 1 rings (SSSR count). The van der Waals surface area contributed by atoms with E-state index in [9.17, 15) is 4.79 Å². The van der Waals surface area contributed by atoms with E-state index in [4.69, 9.17) is 9.84 Å². The number of hydrogen-bond acceptors (Lipinski definition) is 2. The Balaban J connectivity index is 2.87. The van der Waals surface area contributed by atoms with Crippen LogP contribution in [0.4, 0.5) is 0 Å². The maximum Gasteiger partial charge on any atom is 0.335 e. The maximum atomic E-state index is 10.9. The Kier molecular flexibility index (Phi) is 6.15. The molecule has 0 aliphatic carbocycles. The number of benzene rings is 1. The van der Waals surface area contributed by atoms with Gasteiger partial charge in [0, 0.05) is 0 Å². The molecule has 18 heavy (non-hydrogen) atoms. The zero-order valence-corrected chi connectivity index (χ0v) is 13.5. The molecule has 0 saturated heterocycles. The predicted octanol–water partition coefficient (Wildman–Crippen LogP) is 4.72. The second-order valence-corrected chi connectivity index (χ2v) is 5.78. The monoisotopic (exact) mass is 378 g/mol. The summed E-state index contributed by atoms with van der Waals surface area (Å²) in [5, 5.41) is 8.94. The van der Waals surface area contributed by atoms with Gasteiger partial charge in [-0.2, -0.15) is 0 Å².